The quantitative estimate of drug-likeness (QED) is 0.457. The molecular weight excluding hydrogens is 172 g/mol. The van der Waals surface area contributed by atoms with Gasteiger partial charge in [0, 0.05) is 5.88 Å². The van der Waals surface area contributed by atoms with Gasteiger partial charge >= 0.3 is 0 Å². The van der Waals surface area contributed by atoms with Crippen LogP contribution in [0.15, 0.2) is 11.8 Å². The van der Waals surface area contributed by atoms with Crippen LogP contribution in [-0.4, -0.2) is 14.0 Å². The van der Waals surface area contributed by atoms with E-state index < -0.39 is 8.07 Å². The minimum Gasteiger partial charge on any atom is -0.122 e. The molecule has 0 bridgehead atoms. The van der Waals surface area contributed by atoms with Gasteiger partial charge in [0.1, 0.15) is 0 Å². The molecule has 0 aliphatic carbocycles. The predicted molar refractivity (Wildman–Crippen MR) is 57.1 cm³/mol. The highest BCUT2D eigenvalue weighted by Crippen LogP contribution is 2.21. The van der Waals surface area contributed by atoms with E-state index in [1.54, 1.807) is 0 Å². The second-order valence-corrected chi connectivity index (χ2v) is 8.47. The number of alkyl halides is 1. The van der Waals surface area contributed by atoms with Crippen molar-refractivity contribution in [2.24, 2.45) is 0 Å². The lowest BCUT2D eigenvalue weighted by atomic mass is 10.8. The Morgan fingerprint density at radius 3 is 1.82 bits per heavy atom. The van der Waals surface area contributed by atoms with Gasteiger partial charge in [-0.05, 0) is 0 Å². The lowest BCUT2D eigenvalue weighted by Gasteiger charge is -2.23. The van der Waals surface area contributed by atoms with Crippen LogP contribution in [-0.2, 0) is 0 Å². The summed E-state index contributed by atoms with van der Waals surface area (Å²) in [5.41, 5.74) is 2.42. The van der Waals surface area contributed by atoms with E-state index in [0.717, 1.165) is 0 Å². The Morgan fingerprint density at radius 2 is 1.55 bits per heavy atom. The molecule has 0 aromatic heterocycles. The molecule has 0 N–H and O–H groups in total. The van der Waals surface area contributed by atoms with Crippen LogP contribution in [0.5, 0.6) is 0 Å². The van der Waals surface area contributed by atoms with Gasteiger partial charge in [-0.25, -0.2) is 0 Å². The molecule has 0 saturated carbocycles. The van der Waals surface area contributed by atoms with Gasteiger partial charge in [-0.15, -0.1) is 11.6 Å². The molecule has 0 amide bonds. The monoisotopic (exact) mass is 190 g/mol. The van der Waals surface area contributed by atoms with E-state index in [9.17, 15) is 0 Å². The Labute approximate surface area is 76.7 Å². The van der Waals surface area contributed by atoms with Crippen LogP contribution >= 0.6 is 11.6 Å². The molecule has 66 valence electrons. The average Bonchev–Trinajstić information content (AvgIpc) is 2.08. The molecule has 0 unspecified atom stereocenters. The van der Waals surface area contributed by atoms with Gasteiger partial charge < -0.3 is 0 Å². The second-order valence-electron chi connectivity index (χ2n) is 2.98. The summed E-state index contributed by atoms with van der Waals surface area (Å²) in [6, 6.07) is 4.06. The molecular formula is C9H19ClSi. The molecule has 11 heavy (non-hydrogen) atoms. The van der Waals surface area contributed by atoms with Crippen LogP contribution in [0.25, 0.3) is 0 Å². The van der Waals surface area contributed by atoms with Gasteiger partial charge in [-0.3, -0.25) is 0 Å². The maximum absolute atomic E-state index is 5.61. The molecule has 0 rings (SSSR count). The van der Waals surface area contributed by atoms with Crippen LogP contribution in [0, 0.1) is 0 Å². The third kappa shape index (κ3) is 3.43. The van der Waals surface area contributed by atoms with Crippen LogP contribution in [0.2, 0.25) is 18.1 Å². The maximum Gasteiger partial charge on any atom is 0.0766 e. The molecule has 0 saturated heterocycles. The molecule has 0 aromatic rings. The molecule has 0 nitrogen and oxygen atoms in total. The Morgan fingerprint density at radius 1 is 1.09 bits per heavy atom. The number of rotatable bonds is 5. The van der Waals surface area contributed by atoms with Gasteiger partial charge in [-0.1, -0.05) is 50.7 Å². The van der Waals surface area contributed by atoms with E-state index in [0.29, 0.717) is 5.88 Å². The maximum atomic E-state index is 5.61. The van der Waals surface area contributed by atoms with Crippen molar-refractivity contribution in [1.82, 2.24) is 0 Å². The van der Waals surface area contributed by atoms with Crippen molar-refractivity contribution in [2.75, 3.05) is 5.88 Å². The van der Waals surface area contributed by atoms with E-state index in [-0.39, 0.29) is 0 Å². The predicted octanol–water partition coefficient (Wildman–Crippen LogP) is 3.83. The minimum atomic E-state index is -1.00. The van der Waals surface area contributed by atoms with Crippen LogP contribution in [0.3, 0.4) is 0 Å². The summed E-state index contributed by atoms with van der Waals surface area (Å²) >= 11 is 5.61. The third-order valence-electron chi connectivity index (χ3n) is 2.67. The largest absolute Gasteiger partial charge is 0.122 e. The average molecular weight is 191 g/mol. The summed E-state index contributed by atoms with van der Waals surface area (Å²) in [6.45, 7) is 6.91. The van der Waals surface area contributed by atoms with Crippen molar-refractivity contribution >= 4 is 19.7 Å². The Kier molecular flexibility index (Phi) is 5.97. The number of hydrogen-bond acceptors (Lipinski definition) is 0. The summed E-state index contributed by atoms with van der Waals surface area (Å²) in [7, 11) is -1.00. The third-order valence-corrected chi connectivity index (χ3v) is 8.02. The molecule has 0 spiro atoms. The van der Waals surface area contributed by atoms with E-state index in [2.05, 4.69) is 32.5 Å². The Hall–Kier alpha value is 0.247. The van der Waals surface area contributed by atoms with Crippen LogP contribution in [0.4, 0.5) is 0 Å². The summed E-state index contributed by atoms with van der Waals surface area (Å²) in [5.74, 6) is 0.675. The van der Waals surface area contributed by atoms with E-state index in [4.69, 9.17) is 11.6 Å². The first-order valence-corrected chi connectivity index (χ1v) is 7.71. The van der Waals surface area contributed by atoms with Crippen LogP contribution in [0.1, 0.15) is 20.8 Å². The van der Waals surface area contributed by atoms with E-state index in [1.165, 1.54) is 18.1 Å². The van der Waals surface area contributed by atoms with Gasteiger partial charge in [0.2, 0.25) is 0 Å². The summed E-state index contributed by atoms with van der Waals surface area (Å²) in [5, 5.41) is 0. The first-order chi connectivity index (χ1) is 5.24. The molecule has 2 heteroatoms. The smallest absolute Gasteiger partial charge is 0.0766 e. The minimum absolute atomic E-state index is 0.675. The Balaban J connectivity index is 4.16. The molecule has 0 atom stereocenters. The highest BCUT2D eigenvalue weighted by Gasteiger charge is 2.22. The molecule has 0 aliphatic heterocycles. The van der Waals surface area contributed by atoms with Gasteiger partial charge in [0.15, 0.2) is 0 Å². The van der Waals surface area contributed by atoms with Crippen molar-refractivity contribution in [3.63, 3.8) is 0 Å². The summed E-state index contributed by atoms with van der Waals surface area (Å²) in [4.78, 5) is 0. The zero-order chi connectivity index (χ0) is 8.74. The molecule has 0 fully saturated rings. The molecule has 0 aliphatic rings. The lowest BCUT2D eigenvalue weighted by Crippen LogP contribution is -2.28. The SMILES string of the molecule is CC[Si](/C=C/CCl)(CC)CC. The molecule has 0 heterocycles. The highest BCUT2D eigenvalue weighted by atomic mass is 35.5. The van der Waals surface area contributed by atoms with Crippen molar-refractivity contribution < 1.29 is 0 Å². The van der Waals surface area contributed by atoms with Crippen molar-refractivity contribution in [3.05, 3.63) is 11.8 Å². The fourth-order valence-electron chi connectivity index (χ4n) is 1.40. The Bertz CT molecular complexity index is 108. The van der Waals surface area contributed by atoms with Crippen molar-refractivity contribution in [3.8, 4) is 0 Å². The first kappa shape index (κ1) is 11.2. The normalized spacial score (nSPS) is 12.7. The zero-order valence-corrected chi connectivity index (χ0v) is 9.62. The highest BCUT2D eigenvalue weighted by molar-refractivity contribution is 6.84. The van der Waals surface area contributed by atoms with Gasteiger partial charge in [0.25, 0.3) is 0 Å². The summed E-state index contributed by atoms with van der Waals surface area (Å²) < 4.78 is 0. The van der Waals surface area contributed by atoms with Crippen molar-refractivity contribution in [2.45, 2.75) is 38.9 Å². The lowest BCUT2D eigenvalue weighted by molar-refractivity contribution is 1.19. The molecule has 0 aromatic carbocycles. The van der Waals surface area contributed by atoms with Gasteiger partial charge in [0.05, 0.1) is 8.07 Å². The standard InChI is InChI=1S/C9H19ClSi/c1-4-11(5-2,6-3)9-7-8-10/h7,9H,4-6,8H2,1-3H3/b9-7+. The number of allylic oxidation sites excluding steroid dienone is 1. The zero-order valence-electron chi connectivity index (χ0n) is 7.86. The number of halogens is 1. The van der Waals surface area contributed by atoms with Crippen LogP contribution < -0.4 is 0 Å². The summed E-state index contributed by atoms with van der Waals surface area (Å²) in [6.07, 6.45) is 2.13. The topological polar surface area (TPSA) is 0 Å². The van der Waals surface area contributed by atoms with Gasteiger partial charge in [-0.2, -0.15) is 0 Å². The molecule has 0 radical (unpaired) electrons. The van der Waals surface area contributed by atoms with Crippen molar-refractivity contribution in [1.29, 1.82) is 0 Å². The second kappa shape index (κ2) is 5.84. The fraction of sp³-hybridized carbons (Fsp3) is 0.778. The van der Waals surface area contributed by atoms with E-state index >= 15 is 0 Å². The van der Waals surface area contributed by atoms with E-state index in [1.807, 2.05) is 0 Å². The number of hydrogen-bond donors (Lipinski definition) is 0. The first-order valence-electron chi connectivity index (χ1n) is 4.48. The fourth-order valence-corrected chi connectivity index (χ4v) is 4.46.